The monoisotopic (exact) mass is 312 g/mol. The fraction of sp³-hybridized carbons (Fsp3) is 0.333. The van der Waals surface area contributed by atoms with Crippen LogP contribution in [0.3, 0.4) is 0 Å². The zero-order chi connectivity index (χ0) is 16.4. The average molecular weight is 312 g/mol. The van der Waals surface area contributed by atoms with Crippen molar-refractivity contribution in [1.29, 1.82) is 0 Å². The van der Waals surface area contributed by atoms with Gasteiger partial charge in [0.2, 0.25) is 0 Å². The molecule has 0 unspecified atom stereocenters. The first-order valence-electron chi connectivity index (χ1n) is 7.80. The second-order valence-electron chi connectivity index (χ2n) is 5.38. The number of esters is 1. The van der Waals surface area contributed by atoms with E-state index >= 15 is 0 Å². The fourth-order valence-electron chi connectivity index (χ4n) is 2.82. The Hall–Kier alpha value is -2.40. The summed E-state index contributed by atoms with van der Waals surface area (Å²) in [7, 11) is 0. The zero-order valence-electron chi connectivity index (χ0n) is 13.6. The van der Waals surface area contributed by atoms with E-state index in [1.807, 2.05) is 26.0 Å². The van der Waals surface area contributed by atoms with Gasteiger partial charge < -0.3 is 14.5 Å². The van der Waals surface area contributed by atoms with Gasteiger partial charge in [-0.05, 0) is 44.0 Å². The number of hydrogen-bond acceptors (Lipinski definition) is 4. The van der Waals surface area contributed by atoms with Crippen LogP contribution >= 0.6 is 0 Å². The van der Waals surface area contributed by atoms with Gasteiger partial charge in [-0.15, -0.1) is 0 Å². The summed E-state index contributed by atoms with van der Waals surface area (Å²) in [4.78, 5) is 19.7. The zero-order valence-corrected chi connectivity index (χ0v) is 13.6. The van der Waals surface area contributed by atoms with Crippen molar-refractivity contribution in [1.82, 2.24) is 9.97 Å². The van der Waals surface area contributed by atoms with Gasteiger partial charge in [0.05, 0.1) is 24.9 Å². The molecule has 0 radical (unpaired) electrons. The molecular weight excluding hydrogens is 292 g/mol. The molecule has 0 saturated carbocycles. The highest BCUT2D eigenvalue weighted by Crippen LogP contribution is 2.30. The molecule has 0 bridgehead atoms. The molecule has 120 valence electrons. The van der Waals surface area contributed by atoms with Crippen molar-refractivity contribution in [2.45, 2.75) is 27.4 Å². The summed E-state index contributed by atoms with van der Waals surface area (Å²) in [6.45, 7) is 7.27. The lowest BCUT2D eigenvalue weighted by molar-refractivity contribution is 0.0519. The SMILES string of the molecule is CCOCc1ccc2[nH]c3cnc(C(=O)OCC)c(C)c3c2c1. The van der Waals surface area contributed by atoms with E-state index in [0.29, 0.717) is 25.5 Å². The molecule has 1 aromatic carbocycles. The van der Waals surface area contributed by atoms with E-state index in [0.717, 1.165) is 32.9 Å². The molecule has 0 fully saturated rings. The van der Waals surface area contributed by atoms with E-state index in [1.165, 1.54) is 0 Å². The van der Waals surface area contributed by atoms with Crippen molar-refractivity contribution in [3.63, 3.8) is 0 Å². The lowest BCUT2D eigenvalue weighted by atomic mass is 10.0. The highest BCUT2D eigenvalue weighted by molar-refractivity contribution is 6.11. The summed E-state index contributed by atoms with van der Waals surface area (Å²) in [5.74, 6) is -0.383. The minimum atomic E-state index is -0.383. The maximum Gasteiger partial charge on any atom is 0.357 e. The van der Waals surface area contributed by atoms with Gasteiger partial charge in [0, 0.05) is 22.9 Å². The maximum absolute atomic E-state index is 12.1. The van der Waals surface area contributed by atoms with Crippen molar-refractivity contribution in [2.75, 3.05) is 13.2 Å². The van der Waals surface area contributed by atoms with Crippen LogP contribution in [0.15, 0.2) is 24.4 Å². The standard InChI is InChI=1S/C18H20N2O3/c1-4-22-10-12-6-7-14-13(8-12)16-11(3)17(18(21)23-5-2)19-9-15(16)20-14/h6-9,20H,4-5,10H2,1-3H3. The number of H-pyrrole nitrogens is 1. The van der Waals surface area contributed by atoms with Crippen LogP contribution in [-0.2, 0) is 16.1 Å². The number of aromatic nitrogens is 2. The summed E-state index contributed by atoms with van der Waals surface area (Å²) in [5, 5.41) is 2.08. The average Bonchev–Trinajstić information content (AvgIpc) is 2.92. The summed E-state index contributed by atoms with van der Waals surface area (Å²) in [6, 6.07) is 6.18. The number of carbonyl (C=O) groups excluding carboxylic acids is 1. The van der Waals surface area contributed by atoms with Gasteiger partial charge in [0.15, 0.2) is 5.69 Å². The molecule has 0 spiro atoms. The molecule has 23 heavy (non-hydrogen) atoms. The lowest BCUT2D eigenvalue weighted by Crippen LogP contribution is -2.09. The maximum atomic E-state index is 12.1. The molecule has 0 aliphatic carbocycles. The minimum Gasteiger partial charge on any atom is -0.461 e. The molecule has 3 rings (SSSR count). The molecule has 5 nitrogen and oxygen atoms in total. The van der Waals surface area contributed by atoms with E-state index < -0.39 is 0 Å². The number of benzene rings is 1. The first kappa shape index (κ1) is 15.5. The van der Waals surface area contributed by atoms with Crippen LogP contribution in [0.2, 0.25) is 0 Å². The number of nitrogens with zero attached hydrogens (tertiary/aromatic N) is 1. The highest BCUT2D eigenvalue weighted by Gasteiger charge is 2.17. The van der Waals surface area contributed by atoms with Crippen LogP contribution < -0.4 is 0 Å². The number of pyridine rings is 1. The molecule has 0 atom stereocenters. The third-order valence-electron chi connectivity index (χ3n) is 3.89. The van der Waals surface area contributed by atoms with Gasteiger partial charge in [-0.2, -0.15) is 0 Å². The number of nitrogens with one attached hydrogen (secondary N) is 1. The van der Waals surface area contributed by atoms with Crippen molar-refractivity contribution < 1.29 is 14.3 Å². The Kier molecular flexibility index (Phi) is 4.30. The Morgan fingerprint density at radius 3 is 2.78 bits per heavy atom. The molecule has 1 N–H and O–H groups in total. The molecule has 0 amide bonds. The number of aryl methyl sites for hydroxylation is 1. The van der Waals surface area contributed by atoms with Gasteiger partial charge in [0.1, 0.15) is 0 Å². The van der Waals surface area contributed by atoms with Crippen LogP contribution in [0.5, 0.6) is 0 Å². The van der Waals surface area contributed by atoms with Gasteiger partial charge in [-0.25, -0.2) is 9.78 Å². The number of aromatic amines is 1. The number of fused-ring (bicyclic) bond motifs is 3. The largest absolute Gasteiger partial charge is 0.461 e. The second kappa shape index (κ2) is 6.38. The van der Waals surface area contributed by atoms with Crippen LogP contribution in [0, 0.1) is 6.92 Å². The van der Waals surface area contributed by atoms with E-state index in [-0.39, 0.29) is 5.97 Å². The van der Waals surface area contributed by atoms with Crippen molar-refractivity contribution in [3.05, 3.63) is 41.2 Å². The van der Waals surface area contributed by atoms with Crippen molar-refractivity contribution in [2.24, 2.45) is 0 Å². The number of rotatable bonds is 5. The summed E-state index contributed by atoms with van der Waals surface area (Å²) in [6.07, 6.45) is 1.69. The Labute approximate surface area is 134 Å². The summed E-state index contributed by atoms with van der Waals surface area (Å²) >= 11 is 0. The minimum absolute atomic E-state index is 0.338. The predicted octanol–water partition coefficient (Wildman–Crippen LogP) is 3.74. The third kappa shape index (κ3) is 2.80. The van der Waals surface area contributed by atoms with E-state index in [4.69, 9.17) is 9.47 Å². The van der Waals surface area contributed by atoms with Crippen LogP contribution in [0.4, 0.5) is 0 Å². The first-order chi connectivity index (χ1) is 11.2. The van der Waals surface area contributed by atoms with Crippen LogP contribution in [-0.4, -0.2) is 29.2 Å². The molecule has 5 heteroatoms. The van der Waals surface area contributed by atoms with E-state index in [1.54, 1.807) is 13.1 Å². The second-order valence-corrected chi connectivity index (χ2v) is 5.38. The molecule has 0 aliphatic rings. The van der Waals surface area contributed by atoms with Crippen molar-refractivity contribution >= 4 is 27.8 Å². The lowest BCUT2D eigenvalue weighted by Gasteiger charge is -2.06. The van der Waals surface area contributed by atoms with Gasteiger partial charge in [-0.1, -0.05) is 6.07 Å². The Bertz CT molecular complexity index is 867. The van der Waals surface area contributed by atoms with E-state index in [2.05, 4.69) is 16.0 Å². The molecule has 0 aliphatic heterocycles. The topological polar surface area (TPSA) is 64.2 Å². The molecule has 2 aromatic heterocycles. The Morgan fingerprint density at radius 2 is 2.04 bits per heavy atom. The van der Waals surface area contributed by atoms with Crippen LogP contribution in [0.1, 0.15) is 35.5 Å². The number of ether oxygens (including phenoxy) is 2. The van der Waals surface area contributed by atoms with Crippen LogP contribution in [0.25, 0.3) is 21.8 Å². The summed E-state index contributed by atoms with van der Waals surface area (Å²) < 4.78 is 10.6. The third-order valence-corrected chi connectivity index (χ3v) is 3.89. The molecule has 3 aromatic rings. The van der Waals surface area contributed by atoms with Gasteiger partial charge in [0.25, 0.3) is 0 Å². The first-order valence-corrected chi connectivity index (χ1v) is 7.80. The van der Waals surface area contributed by atoms with Gasteiger partial charge >= 0.3 is 5.97 Å². The summed E-state index contributed by atoms with van der Waals surface area (Å²) in [5.41, 5.74) is 4.25. The highest BCUT2D eigenvalue weighted by atomic mass is 16.5. The fourth-order valence-corrected chi connectivity index (χ4v) is 2.82. The molecule has 0 saturated heterocycles. The van der Waals surface area contributed by atoms with Crippen molar-refractivity contribution in [3.8, 4) is 0 Å². The predicted molar refractivity (Wildman–Crippen MR) is 89.6 cm³/mol. The number of carbonyl (C=O) groups is 1. The van der Waals surface area contributed by atoms with Gasteiger partial charge in [-0.3, -0.25) is 0 Å². The smallest absolute Gasteiger partial charge is 0.357 e. The Morgan fingerprint density at radius 1 is 1.22 bits per heavy atom. The number of hydrogen-bond donors (Lipinski definition) is 1. The molecular formula is C18H20N2O3. The Balaban J connectivity index is 2.17. The van der Waals surface area contributed by atoms with E-state index in [9.17, 15) is 4.79 Å². The normalized spacial score (nSPS) is 11.3. The quantitative estimate of drug-likeness (QED) is 0.729. The molecule has 2 heterocycles.